The Labute approximate surface area is 166 Å². The van der Waals surface area contributed by atoms with Crippen LogP contribution in [0.25, 0.3) is 0 Å². The maximum Gasteiger partial charge on any atom is 0.401 e. The van der Waals surface area contributed by atoms with Gasteiger partial charge in [0.15, 0.2) is 5.96 Å². The zero-order chi connectivity index (χ0) is 18.1. The first-order valence-electron chi connectivity index (χ1n) is 8.57. The van der Waals surface area contributed by atoms with Gasteiger partial charge in [0.2, 0.25) is 0 Å². The predicted molar refractivity (Wildman–Crippen MR) is 106 cm³/mol. The molecular weight excluding hydrogens is 448 g/mol. The number of methoxy groups -OCH3 is 1. The lowest BCUT2D eigenvalue weighted by molar-refractivity contribution is -0.142. The van der Waals surface area contributed by atoms with Gasteiger partial charge < -0.3 is 15.4 Å². The summed E-state index contributed by atoms with van der Waals surface area (Å²) >= 11 is 0. The molecule has 1 fully saturated rings. The highest BCUT2D eigenvalue weighted by Gasteiger charge is 2.36. The summed E-state index contributed by atoms with van der Waals surface area (Å²) in [5, 5.41) is 6.26. The highest BCUT2D eigenvalue weighted by atomic mass is 127. The SMILES string of the molecule is CCNC(=NCC1(CCOC)CCC1)NCCN(C)CC(F)(F)F.I. The van der Waals surface area contributed by atoms with Gasteiger partial charge >= 0.3 is 6.18 Å². The molecule has 2 N–H and O–H groups in total. The molecule has 0 aromatic rings. The second-order valence-corrected chi connectivity index (χ2v) is 6.57. The molecule has 25 heavy (non-hydrogen) atoms. The lowest BCUT2D eigenvalue weighted by Crippen LogP contribution is -2.43. The number of rotatable bonds is 10. The minimum Gasteiger partial charge on any atom is -0.385 e. The quantitative estimate of drug-likeness (QED) is 0.287. The number of guanidine groups is 1. The summed E-state index contributed by atoms with van der Waals surface area (Å²) in [6, 6.07) is 0. The van der Waals surface area contributed by atoms with Crippen LogP contribution < -0.4 is 10.6 Å². The van der Waals surface area contributed by atoms with E-state index in [0.717, 1.165) is 39.0 Å². The second-order valence-electron chi connectivity index (χ2n) is 6.57. The molecule has 0 bridgehead atoms. The summed E-state index contributed by atoms with van der Waals surface area (Å²) < 4.78 is 42.1. The number of aliphatic imine (C=N–C) groups is 1. The van der Waals surface area contributed by atoms with Crippen molar-refractivity contribution < 1.29 is 17.9 Å². The Balaban J connectivity index is 0.00000576. The fraction of sp³-hybridized carbons (Fsp3) is 0.938. The Morgan fingerprint density at radius 2 is 1.96 bits per heavy atom. The van der Waals surface area contributed by atoms with Crippen molar-refractivity contribution in [3.05, 3.63) is 0 Å². The van der Waals surface area contributed by atoms with Crippen LogP contribution in [-0.2, 0) is 4.74 Å². The number of nitrogens with one attached hydrogen (secondary N) is 2. The number of nitrogens with zero attached hydrogens (tertiary/aromatic N) is 2. The van der Waals surface area contributed by atoms with E-state index < -0.39 is 12.7 Å². The molecule has 0 aliphatic heterocycles. The van der Waals surface area contributed by atoms with Gasteiger partial charge in [0.25, 0.3) is 0 Å². The number of halogens is 4. The van der Waals surface area contributed by atoms with E-state index in [1.807, 2.05) is 6.92 Å². The molecule has 0 amide bonds. The van der Waals surface area contributed by atoms with E-state index in [4.69, 9.17) is 4.74 Å². The van der Waals surface area contributed by atoms with Crippen molar-refractivity contribution >= 4 is 29.9 Å². The van der Waals surface area contributed by atoms with Gasteiger partial charge in [-0.15, -0.1) is 24.0 Å². The Bertz CT molecular complexity index is 390. The van der Waals surface area contributed by atoms with Crippen LogP contribution in [0.1, 0.15) is 32.6 Å². The fourth-order valence-electron chi connectivity index (χ4n) is 2.82. The standard InChI is InChI=1S/C16H31F3N4O.HI/c1-4-20-14(21-9-10-23(2)13-16(17,18)19)22-12-15(6-5-7-15)8-11-24-3;/h4-13H2,1-3H3,(H2,20,21,22);1H. The first-order chi connectivity index (χ1) is 11.3. The summed E-state index contributed by atoms with van der Waals surface area (Å²) in [6.45, 7) is 3.98. The number of alkyl halides is 3. The molecule has 5 nitrogen and oxygen atoms in total. The molecule has 0 heterocycles. The molecule has 1 saturated carbocycles. The molecule has 1 aliphatic rings. The molecule has 1 rings (SSSR count). The van der Waals surface area contributed by atoms with Crippen LogP contribution in [0, 0.1) is 5.41 Å². The van der Waals surface area contributed by atoms with E-state index in [2.05, 4.69) is 15.6 Å². The van der Waals surface area contributed by atoms with E-state index in [9.17, 15) is 13.2 Å². The van der Waals surface area contributed by atoms with Gasteiger partial charge in [-0.05, 0) is 38.6 Å². The Kier molecular flexibility index (Phi) is 12.0. The van der Waals surface area contributed by atoms with Gasteiger partial charge in [-0.1, -0.05) is 6.42 Å². The normalized spacial score (nSPS) is 17.0. The third kappa shape index (κ3) is 10.4. The lowest BCUT2D eigenvalue weighted by atomic mass is 9.67. The van der Waals surface area contributed by atoms with Crippen molar-refractivity contribution in [1.29, 1.82) is 0 Å². The zero-order valence-corrected chi connectivity index (χ0v) is 17.7. The molecule has 0 saturated heterocycles. The lowest BCUT2D eigenvalue weighted by Gasteiger charge is -2.40. The van der Waals surface area contributed by atoms with Crippen molar-refractivity contribution in [2.45, 2.75) is 38.8 Å². The third-order valence-electron chi connectivity index (χ3n) is 4.40. The molecule has 0 aromatic heterocycles. The maximum absolute atomic E-state index is 12.3. The monoisotopic (exact) mass is 480 g/mol. The highest BCUT2D eigenvalue weighted by molar-refractivity contribution is 14.0. The minimum atomic E-state index is -4.16. The van der Waals surface area contributed by atoms with E-state index in [1.54, 1.807) is 7.11 Å². The van der Waals surface area contributed by atoms with Gasteiger partial charge in [-0.2, -0.15) is 13.2 Å². The minimum absolute atomic E-state index is 0. The summed E-state index contributed by atoms with van der Waals surface area (Å²) in [5.74, 6) is 0.668. The second kappa shape index (κ2) is 12.2. The van der Waals surface area contributed by atoms with Crippen molar-refractivity contribution in [2.75, 3.05) is 53.5 Å². The first kappa shape index (κ1) is 24.7. The molecule has 0 atom stereocenters. The molecule has 0 spiro atoms. The van der Waals surface area contributed by atoms with Gasteiger partial charge in [-0.25, -0.2) is 0 Å². The van der Waals surface area contributed by atoms with Crippen molar-refractivity contribution in [1.82, 2.24) is 15.5 Å². The molecule has 1 aliphatic carbocycles. The fourth-order valence-corrected chi connectivity index (χ4v) is 2.82. The highest BCUT2D eigenvalue weighted by Crippen LogP contribution is 2.44. The average molecular weight is 480 g/mol. The van der Waals surface area contributed by atoms with Crippen molar-refractivity contribution in [2.24, 2.45) is 10.4 Å². The van der Waals surface area contributed by atoms with Crippen molar-refractivity contribution in [3.63, 3.8) is 0 Å². The molecule has 150 valence electrons. The van der Waals surface area contributed by atoms with Crippen LogP contribution in [0.2, 0.25) is 0 Å². The molecule has 0 unspecified atom stereocenters. The predicted octanol–water partition coefficient (Wildman–Crippen LogP) is 2.86. The van der Waals surface area contributed by atoms with Gasteiger partial charge in [-0.3, -0.25) is 9.89 Å². The summed E-state index contributed by atoms with van der Waals surface area (Å²) in [4.78, 5) is 5.88. The largest absolute Gasteiger partial charge is 0.401 e. The summed E-state index contributed by atoms with van der Waals surface area (Å²) in [5.41, 5.74) is 0.228. The van der Waals surface area contributed by atoms with E-state index in [1.165, 1.54) is 18.4 Å². The Hall–Kier alpha value is -0.290. The molecule has 0 aromatic carbocycles. The maximum atomic E-state index is 12.3. The van der Waals surface area contributed by atoms with Crippen LogP contribution in [-0.4, -0.2) is 70.5 Å². The topological polar surface area (TPSA) is 48.9 Å². The zero-order valence-electron chi connectivity index (χ0n) is 15.4. The summed E-state index contributed by atoms with van der Waals surface area (Å²) in [6.07, 6.45) is 0.388. The number of ether oxygens (including phenoxy) is 1. The van der Waals surface area contributed by atoms with Gasteiger partial charge in [0.05, 0.1) is 6.54 Å². The van der Waals surface area contributed by atoms with E-state index in [0.29, 0.717) is 19.0 Å². The Morgan fingerprint density at radius 3 is 2.44 bits per heavy atom. The van der Waals surface area contributed by atoms with Crippen LogP contribution in [0.4, 0.5) is 13.2 Å². The number of likely N-dealkylation sites (N-methyl/N-ethyl adjacent to an activating group) is 1. The van der Waals surface area contributed by atoms with Crippen LogP contribution in [0.3, 0.4) is 0 Å². The first-order valence-corrected chi connectivity index (χ1v) is 8.57. The number of hydrogen-bond donors (Lipinski definition) is 2. The van der Waals surface area contributed by atoms with Crippen LogP contribution in [0.15, 0.2) is 4.99 Å². The molecule has 9 heteroatoms. The Morgan fingerprint density at radius 1 is 1.28 bits per heavy atom. The summed E-state index contributed by atoms with van der Waals surface area (Å²) in [7, 11) is 3.17. The van der Waals surface area contributed by atoms with Gasteiger partial charge in [0, 0.05) is 39.9 Å². The van der Waals surface area contributed by atoms with Crippen LogP contribution >= 0.6 is 24.0 Å². The van der Waals surface area contributed by atoms with E-state index in [-0.39, 0.29) is 29.4 Å². The molecule has 0 radical (unpaired) electrons. The van der Waals surface area contributed by atoms with Gasteiger partial charge in [0.1, 0.15) is 0 Å². The smallest absolute Gasteiger partial charge is 0.385 e. The average Bonchev–Trinajstić information content (AvgIpc) is 2.43. The van der Waals surface area contributed by atoms with E-state index >= 15 is 0 Å². The van der Waals surface area contributed by atoms with Crippen molar-refractivity contribution in [3.8, 4) is 0 Å². The molecular formula is C16H32F3IN4O. The van der Waals surface area contributed by atoms with Crippen LogP contribution in [0.5, 0.6) is 0 Å². The number of hydrogen-bond acceptors (Lipinski definition) is 3. The third-order valence-corrected chi connectivity index (χ3v) is 4.40.